The summed E-state index contributed by atoms with van der Waals surface area (Å²) in [6.07, 6.45) is 0. The van der Waals surface area contributed by atoms with Gasteiger partial charge in [0.15, 0.2) is 11.5 Å². The summed E-state index contributed by atoms with van der Waals surface area (Å²) in [7, 11) is 4.53. The van der Waals surface area contributed by atoms with Crippen molar-refractivity contribution < 1.29 is 19.0 Å². The van der Waals surface area contributed by atoms with Crippen molar-refractivity contribution in [1.29, 1.82) is 0 Å². The van der Waals surface area contributed by atoms with Crippen LogP contribution < -0.4 is 19.5 Å². The minimum absolute atomic E-state index is 0.205. The van der Waals surface area contributed by atoms with Gasteiger partial charge in [-0.1, -0.05) is 0 Å². The van der Waals surface area contributed by atoms with Gasteiger partial charge in [-0.25, -0.2) is 0 Å². The molecule has 0 aromatic heterocycles. The lowest BCUT2D eigenvalue weighted by atomic mass is 10.1. The number of hydrogen-bond donors (Lipinski definition) is 2. The number of hydrogen-bond acceptors (Lipinski definition) is 5. The van der Waals surface area contributed by atoms with Gasteiger partial charge < -0.3 is 19.5 Å². The number of nitrogens with one attached hydrogen (secondary N) is 1. The molecule has 0 spiro atoms. The normalized spacial score (nSPS) is 9.78. The van der Waals surface area contributed by atoms with Crippen LogP contribution in [0.5, 0.6) is 17.2 Å². The van der Waals surface area contributed by atoms with Crippen LogP contribution >= 0.6 is 12.6 Å². The van der Waals surface area contributed by atoms with Crippen LogP contribution in [0, 0.1) is 0 Å². The van der Waals surface area contributed by atoms with E-state index >= 15 is 0 Å². The molecule has 0 atom stereocenters. The Labute approximate surface area is 112 Å². The van der Waals surface area contributed by atoms with Gasteiger partial charge in [-0.15, -0.1) is 0 Å². The number of ether oxygens (including phenoxy) is 3. The first-order valence-corrected chi connectivity index (χ1v) is 6.00. The Balaban J connectivity index is 3.10. The van der Waals surface area contributed by atoms with Gasteiger partial charge in [0, 0.05) is 17.9 Å². The van der Waals surface area contributed by atoms with E-state index in [-0.39, 0.29) is 5.91 Å². The second-order valence-electron chi connectivity index (χ2n) is 3.39. The highest BCUT2D eigenvalue weighted by atomic mass is 32.1. The summed E-state index contributed by atoms with van der Waals surface area (Å²) in [6.45, 7) is 0.499. The van der Waals surface area contributed by atoms with Crippen LogP contribution in [0.2, 0.25) is 0 Å². The largest absolute Gasteiger partial charge is 0.493 e. The van der Waals surface area contributed by atoms with Gasteiger partial charge in [-0.2, -0.15) is 12.6 Å². The number of carbonyl (C=O) groups excluding carboxylic acids is 1. The Hall–Kier alpha value is -1.56. The SMILES string of the molecule is COc1cc(C(=O)NCCS)cc(OC)c1OC. The number of methoxy groups -OCH3 is 3. The maximum Gasteiger partial charge on any atom is 0.251 e. The van der Waals surface area contributed by atoms with Crippen molar-refractivity contribution in [2.24, 2.45) is 0 Å². The van der Waals surface area contributed by atoms with E-state index in [0.717, 1.165) is 0 Å². The molecule has 1 rings (SSSR count). The molecule has 0 saturated carbocycles. The quantitative estimate of drug-likeness (QED) is 0.767. The summed E-state index contributed by atoms with van der Waals surface area (Å²) in [5.74, 6) is 1.74. The fraction of sp³-hybridized carbons (Fsp3) is 0.417. The zero-order chi connectivity index (χ0) is 13.5. The van der Waals surface area contributed by atoms with Crippen molar-refractivity contribution in [2.45, 2.75) is 0 Å². The van der Waals surface area contributed by atoms with Crippen LogP contribution in [0.4, 0.5) is 0 Å². The number of rotatable bonds is 6. The zero-order valence-corrected chi connectivity index (χ0v) is 11.5. The van der Waals surface area contributed by atoms with Crippen LogP contribution in [-0.2, 0) is 0 Å². The number of benzene rings is 1. The molecule has 1 aromatic carbocycles. The first-order valence-electron chi connectivity index (χ1n) is 5.37. The molecule has 18 heavy (non-hydrogen) atoms. The predicted octanol–water partition coefficient (Wildman–Crippen LogP) is 1.37. The third-order valence-corrected chi connectivity index (χ3v) is 2.55. The highest BCUT2D eigenvalue weighted by Crippen LogP contribution is 2.38. The third-order valence-electron chi connectivity index (χ3n) is 2.32. The first kappa shape index (κ1) is 14.5. The minimum Gasteiger partial charge on any atom is -0.493 e. The molecular formula is C12H17NO4S. The third kappa shape index (κ3) is 3.22. The maximum absolute atomic E-state index is 11.8. The second kappa shape index (κ2) is 7.00. The first-order chi connectivity index (χ1) is 8.67. The van der Waals surface area contributed by atoms with E-state index in [1.54, 1.807) is 12.1 Å². The van der Waals surface area contributed by atoms with Gasteiger partial charge in [0.05, 0.1) is 21.3 Å². The lowest BCUT2D eigenvalue weighted by Crippen LogP contribution is -2.25. The van der Waals surface area contributed by atoms with Gasteiger partial charge in [-0.3, -0.25) is 4.79 Å². The molecule has 0 fully saturated rings. The van der Waals surface area contributed by atoms with Gasteiger partial charge in [0.25, 0.3) is 5.91 Å². The molecule has 1 amide bonds. The van der Waals surface area contributed by atoms with Crippen molar-refractivity contribution in [2.75, 3.05) is 33.6 Å². The van der Waals surface area contributed by atoms with Crippen LogP contribution in [0.1, 0.15) is 10.4 Å². The molecule has 0 aliphatic heterocycles. The fourth-order valence-electron chi connectivity index (χ4n) is 1.48. The minimum atomic E-state index is -0.205. The molecule has 0 aliphatic carbocycles. The van der Waals surface area contributed by atoms with Gasteiger partial charge >= 0.3 is 0 Å². The average molecular weight is 271 g/mol. The van der Waals surface area contributed by atoms with E-state index in [9.17, 15) is 4.79 Å². The molecule has 0 aliphatic rings. The van der Waals surface area contributed by atoms with Crippen molar-refractivity contribution in [3.8, 4) is 17.2 Å². The standard InChI is InChI=1S/C12H17NO4S/c1-15-9-6-8(12(14)13-4-5-18)7-10(16-2)11(9)17-3/h6-7,18H,4-5H2,1-3H3,(H,13,14). The molecule has 1 aromatic rings. The second-order valence-corrected chi connectivity index (χ2v) is 3.84. The Kier molecular flexibility index (Phi) is 5.64. The maximum atomic E-state index is 11.8. The van der Waals surface area contributed by atoms with Crippen molar-refractivity contribution in [3.05, 3.63) is 17.7 Å². The summed E-state index contributed by atoms with van der Waals surface area (Å²) >= 11 is 4.03. The van der Waals surface area contributed by atoms with E-state index in [1.165, 1.54) is 21.3 Å². The fourth-order valence-corrected chi connectivity index (χ4v) is 1.60. The Morgan fingerprint density at radius 2 is 1.72 bits per heavy atom. The van der Waals surface area contributed by atoms with Crippen LogP contribution in [0.15, 0.2) is 12.1 Å². The summed E-state index contributed by atoms with van der Waals surface area (Å²) in [4.78, 5) is 11.8. The van der Waals surface area contributed by atoms with Crippen molar-refractivity contribution >= 4 is 18.5 Å². The molecule has 0 radical (unpaired) electrons. The van der Waals surface area contributed by atoms with Crippen molar-refractivity contribution in [1.82, 2.24) is 5.32 Å². The molecule has 0 unspecified atom stereocenters. The zero-order valence-electron chi connectivity index (χ0n) is 10.6. The van der Waals surface area contributed by atoms with Crippen molar-refractivity contribution in [3.63, 3.8) is 0 Å². The molecule has 100 valence electrons. The lowest BCUT2D eigenvalue weighted by molar-refractivity contribution is 0.0955. The molecule has 0 saturated heterocycles. The highest BCUT2D eigenvalue weighted by molar-refractivity contribution is 7.80. The number of amides is 1. The number of thiol groups is 1. The topological polar surface area (TPSA) is 56.8 Å². The van der Waals surface area contributed by atoms with Gasteiger partial charge in [0.2, 0.25) is 5.75 Å². The lowest BCUT2D eigenvalue weighted by Gasteiger charge is -2.13. The van der Waals surface area contributed by atoms with Crippen LogP contribution in [-0.4, -0.2) is 39.5 Å². The van der Waals surface area contributed by atoms with Crippen LogP contribution in [0.3, 0.4) is 0 Å². The highest BCUT2D eigenvalue weighted by Gasteiger charge is 2.16. The summed E-state index contributed by atoms with van der Waals surface area (Å²) in [5, 5.41) is 2.72. The molecular weight excluding hydrogens is 254 g/mol. The van der Waals surface area contributed by atoms with E-state index in [2.05, 4.69) is 17.9 Å². The molecule has 6 heteroatoms. The van der Waals surface area contributed by atoms with Gasteiger partial charge in [-0.05, 0) is 12.1 Å². The monoisotopic (exact) mass is 271 g/mol. The van der Waals surface area contributed by atoms with Gasteiger partial charge in [0.1, 0.15) is 0 Å². The summed E-state index contributed by atoms with van der Waals surface area (Å²) < 4.78 is 15.5. The smallest absolute Gasteiger partial charge is 0.251 e. The Morgan fingerprint density at radius 3 is 2.11 bits per heavy atom. The molecule has 0 heterocycles. The average Bonchev–Trinajstić information content (AvgIpc) is 2.42. The summed E-state index contributed by atoms with van der Waals surface area (Å²) in [5.41, 5.74) is 0.450. The van der Waals surface area contributed by atoms with E-state index in [4.69, 9.17) is 14.2 Å². The molecule has 5 nitrogen and oxygen atoms in total. The van der Waals surface area contributed by atoms with Crippen LogP contribution in [0.25, 0.3) is 0 Å². The summed E-state index contributed by atoms with van der Waals surface area (Å²) in [6, 6.07) is 3.21. The van der Waals surface area contributed by atoms with E-state index in [1.807, 2.05) is 0 Å². The van der Waals surface area contributed by atoms with E-state index < -0.39 is 0 Å². The number of carbonyl (C=O) groups is 1. The van der Waals surface area contributed by atoms with E-state index in [0.29, 0.717) is 35.1 Å². The Bertz CT molecular complexity index is 398. The predicted molar refractivity (Wildman–Crippen MR) is 72.3 cm³/mol. The molecule has 1 N–H and O–H groups in total. The molecule has 0 bridgehead atoms. The Morgan fingerprint density at radius 1 is 1.17 bits per heavy atom.